The second-order valence-electron chi connectivity index (χ2n) is 3.25. The van der Waals surface area contributed by atoms with Gasteiger partial charge < -0.3 is 11.1 Å². The monoisotopic (exact) mass is 270 g/mol. The fourth-order valence-electron chi connectivity index (χ4n) is 1.27. The van der Waals surface area contributed by atoms with Crippen LogP contribution in [0, 0.1) is 0 Å². The smallest absolute Gasteiger partial charge is 0.261 e. The SMILES string of the molecule is Nc1[nH]ncc1C(=O)Nc1cccc(Cl)c1Cl. The Hall–Kier alpha value is -1.72. The Labute approximate surface area is 107 Å². The van der Waals surface area contributed by atoms with Crippen molar-refractivity contribution in [3.8, 4) is 0 Å². The van der Waals surface area contributed by atoms with E-state index < -0.39 is 5.91 Å². The van der Waals surface area contributed by atoms with Crippen molar-refractivity contribution in [1.82, 2.24) is 10.2 Å². The number of nitrogens with one attached hydrogen (secondary N) is 2. The van der Waals surface area contributed by atoms with Crippen LogP contribution in [-0.4, -0.2) is 16.1 Å². The zero-order valence-corrected chi connectivity index (χ0v) is 10.0. The molecule has 1 amide bonds. The van der Waals surface area contributed by atoms with Gasteiger partial charge in [-0.15, -0.1) is 0 Å². The molecule has 0 aliphatic heterocycles. The lowest BCUT2D eigenvalue weighted by Gasteiger charge is -2.07. The van der Waals surface area contributed by atoms with Crippen LogP contribution in [0.3, 0.4) is 0 Å². The molecule has 0 saturated heterocycles. The zero-order chi connectivity index (χ0) is 12.4. The van der Waals surface area contributed by atoms with Gasteiger partial charge in [-0.05, 0) is 12.1 Å². The van der Waals surface area contributed by atoms with Gasteiger partial charge in [0.05, 0.1) is 21.9 Å². The molecule has 88 valence electrons. The summed E-state index contributed by atoms with van der Waals surface area (Å²) < 4.78 is 0. The minimum Gasteiger partial charge on any atom is -0.383 e. The molecule has 0 aliphatic carbocycles. The molecule has 0 fully saturated rings. The maximum atomic E-state index is 11.8. The molecule has 17 heavy (non-hydrogen) atoms. The molecule has 0 radical (unpaired) electrons. The lowest BCUT2D eigenvalue weighted by atomic mass is 10.2. The molecular weight excluding hydrogens is 263 g/mol. The van der Waals surface area contributed by atoms with Crippen LogP contribution < -0.4 is 11.1 Å². The Morgan fingerprint density at radius 1 is 1.41 bits per heavy atom. The van der Waals surface area contributed by atoms with Crippen LogP contribution in [0.25, 0.3) is 0 Å². The van der Waals surface area contributed by atoms with Gasteiger partial charge in [-0.25, -0.2) is 0 Å². The summed E-state index contributed by atoms with van der Waals surface area (Å²) in [4.78, 5) is 11.8. The standard InChI is InChI=1S/C10H8Cl2N4O/c11-6-2-1-3-7(8(6)12)15-10(17)5-4-14-16-9(5)13/h1-4H,(H,15,17)(H3,13,14,16). The van der Waals surface area contributed by atoms with Crippen molar-refractivity contribution in [2.45, 2.75) is 0 Å². The Morgan fingerprint density at radius 3 is 2.82 bits per heavy atom. The number of rotatable bonds is 2. The molecular formula is C10H8Cl2N4O. The summed E-state index contributed by atoms with van der Waals surface area (Å²) in [6.07, 6.45) is 1.34. The Bertz CT molecular complexity index is 567. The van der Waals surface area contributed by atoms with Crippen molar-refractivity contribution in [2.75, 3.05) is 11.1 Å². The van der Waals surface area contributed by atoms with Gasteiger partial charge in [-0.1, -0.05) is 29.3 Å². The predicted molar refractivity (Wildman–Crippen MR) is 67.4 cm³/mol. The number of nitrogen functional groups attached to an aromatic ring is 1. The number of hydrogen-bond donors (Lipinski definition) is 3. The highest BCUT2D eigenvalue weighted by atomic mass is 35.5. The number of carbonyl (C=O) groups excluding carboxylic acids is 1. The van der Waals surface area contributed by atoms with Crippen LogP contribution in [0.1, 0.15) is 10.4 Å². The maximum absolute atomic E-state index is 11.8. The number of nitrogens with two attached hydrogens (primary N) is 1. The van der Waals surface area contributed by atoms with E-state index in [0.717, 1.165) is 0 Å². The minimum atomic E-state index is -0.402. The molecule has 0 spiro atoms. The van der Waals surface area contributed by atoms with E-state index in [9.17, 15) is 4.79 Å². The summed E-state index contributed by atoms with van der Waals surface area (Å²) in [6.45, 7) is 0. The first-order valence-corrected chi connectivity index (χ1v) is 5.39. The molecule has 0 bridgehead atoms. The van der Waals surface area contributed by atoms with Crippen LogP contribution in [0.15, 0.2) is 24.4 Å². The Kier molecular flexibility index (Phi) is 3.21. The number of H-pyrrole nitrogens is 1. The number of carbonyl (C=O) groups is 1. The largest absolute Gasteiger partial charge is 0.383 e. The molecule has 0 atom stereocenters. The third kappa shape index (κ3) is 2.35. The summed E-state index contributed by atoms with van der Waals surface area (Å²) in [7, 11) is 0. The number of benzene rings is 1. The lowest BCUT2D eigenvalue weighted by molar-refractivity contribution is 0.102. The molecule has 4 N–H and O–H groups in total. The molecule has 2 aromatic rings. The van der Waals surface area contributed by atoms with E-state index >= 15 is 0 Å². The molecule has 2 rings (SSSR count). The molecule has 5 nitrogen and oxygen atoms in total. The lowest BCUT2D eigenvalue weighted by Crippen LogP contribution is -2.13. The third-order valence-corrected chi connectivity index (χ3v) is 2.93. The summed E-state index contributed by atoms with van der Waals surface area (Å²) in [5.74, 6) is -0.207. The van der Waals surface area contributed by atoms with Crippen molar-refractivity contribution < 1.29 is 4.79 Å². The van der Waals surface area contributed by atoms with Crippen molar-refractivity contribution in [3.05, 3.63) is 40.0 Å². The number of hydrogen-bond acceptors (Lipinski definition) is 3. The number of aromatic amines is 1. The van der Waals surface area contributed by atoms with E-state index in [0.29, 0.717) is 10.7 Å². The second-order valence-corrected chi connectivity index (χ2v) is 4.04. The Morgan fingerprint density at radius 2 is 2.18 bits per heavy atom. The highest BCUT2D eigenvalue weighted by Gasteiger charge is 2.13. The van der Waals surface area contributed by atoms with E-state index in [4.69, 9.17) is 28.9 Å². The number of amides is 1. The van der Waals surface area contributed by atoms with Crippen molar-refractivity contribution in [2.24, 2.45) is 0 Å². The average molecular weight is 271 g/mol. The number of anilines is 2. The van der Waals surface area contributed by atoms with Gasteiger partial charge in [-0.3, -0.25) is 9.89 Å². The van der Waals surface area contributed by atoms with E-state index in [2.05, 4.69) is 15.5 Å². The molecule has 1 aromatic carbocycles. The highest BCUT2D eigenvalue weighted by molar-refractivity contribution is 6.44. The minimum absolute atomic E-state index is 0.195. The van der Waals surface area contributed by atoms with E-state index in [-0.39, 0.29) is 16.4 Å². The van der Waals surface area contributed by atoms with Gasteiger partial charge in [0.15, 0.2) is 0 Å². The van der Waals surface area contributed by atoms with Crippen LogP contribution in [-0.2, 0) is 0 Å². The van der Waals surface area contributed by atoms with Gasteiger partial charge in [-0.2, -0.15) is 5.10 Å². The molecule has 0 unspecified atom stereocenters. The van der Waals surface area contributed by atoms with Crippen LogP contribution >= 0.6 is 23.2 Å². The third-order valence-electron chi connectivity index (χ3n) is 2.11. The van der Waals surface area contributed by atoms with Gasteiger partial charge in [0.1, 0.15) is 11.4 Å². The van der Waals surface area contributed by atoms with E-state index in [1.165, 1.54) is 6.20 Å². The molecule has 1 aromatic heterocycles. The van der Waals surface area contributed by atoms with Crippen molar-refractivity contribution >= 4 is 40.6 Å². The summed E-state index contributed by atoms with van der Waals surface area (Å²) in [5.41, 5.74) is 6.20. The van der Waals surface area contributed by atoms with Crippen molar-refractivity contribution in [1.29, 1.82) is 0 Å². The molecule has 1 heterocycles. The van der Waals surface area contributed by atoms with Crippen LogP contribution in [0.5, 0.6) is 0 Å². The topological polar surface area (TPSA) is 83.8 Å². The predicted octanol–water partition coefficient (Wildman–Crippen LogP) is 2.55. The zero-order valence-electron chi connectivity index (χ0n) is 8.50. The molecule has 0 saturated carbocycles. The molecule has 7 heteroatoms. The fraction of sp³-hybridized carbons (Fsp3) is 0. The first-order valence-electron chi connectivity index (χ1n) is 4.64. The fourth-order valence-corrected chi connectivity index (χ4v) is 1.61. The summed E-state index contributed by atoms with van der Waals surface area (Å²) in [6, 6.07) is 4.96. The number of aromatic nitrogens is 2. The van der Waals surface area contributed by atoms with Crippen molar-refractivity contribution in [3.63, 3.8) is 0 Å². The number of halogens is 2. The average Bonchev–Trinajstić information content (AvgIpc) is 2.71. The van der Waals surface area contributed by atoms with E-state index in [1.807, 2.05) is 0 Å². The molecule has 0 aliphatic rings. The van der Waals surface area contributed by atoms with Crippen LogP contribution in [0.4, 0.5) is 11.5 Å². The van der Waals surface area contributed by atoms with Gasteiger partial charge in [0.2, 0.25) is 0 Å². The van der Waals surface area contributed by atoms with E-state index in [1.54, 1.807) is 18.2 Å². The summed E-state index contributed by atoms with van der Waals surface area (Å²) >= 11 is 11.8. The quantitative estimate of drug-likeness (QED) is 0.784. The van der Waals surface area contributed by atoms with Gasteiger partial charge in [0.25, 0.3) is 5.91 Å². The first-order chi connectivity index (χ1) is 8.09. The van der Waals surface area contributed by atoms with Gasteiger partial charge in [0, 0.05) is 0 Å². The summed E-state index contributed by atoms with van der Waals surface area (Å²) in [5, 5.41) is 9.37. The van der Waals surface area contributed by atoms with Crippen LogP contribution in [0.2, 0.25) is 10.0 Å². The normalized spacial score (nSPS) is 10.2. The highest BCUT2D eigenvalue weighted by Crippen LogP contribution is 2.29. The van der Waals surface area contributed by atoms with Gasteiger partial charge >= 0.3 is 0 Å². The number of nitrogens with zero attached hydrogens (tertiary/aromatic N) is 1. The second kappa shape index (κ2) is 4.65. The maximum Gasteiger partial charge on any atom is 0.261 e. The first kappa shape index (κ1) is 11.8. The Balaban J connectivity index is 2.25.